The molecule has 8 heteroatoms. The summed E-state index contributed by atoms with van der Waals surface area (Å²) in [6.07, 6.45) is 3.34. The highest BCUT2D eigenvalue weighted by molar-refractivity contribution is 7.97. The lowest BCUT2D eigenvalue weighted by molar-refractivity contribution is -0.139. The van der Waals surface area contributed by atoms with Crippen LogP contribution in [0.25, 0.3) is 0 Å². The number of hydrogen-bond acceptors (Lipinski definition) is 5. The molecule has 0 aliphatic carbocycles. The molecular formula is C10H19O6PS. The molecule has 0 fully saturated rings. The number of unbranched alkanes of at least 4 members (excludes halogenated alkanes) is 3. The van der Waals surface area contributed by atoms with E-state index in [1.54, 1.807) is 6.92 Å². The number of hydrogen-bond donors (Lipinski definition) is 2. The van der Waals surface area contributed by atoms with E-state index in [2.05, 4.69) is 10.5 Å². The average Bonchev–Trinajstić information content (AvgIpc) is 2.24. The van der Waals surface area contributed by atoms with E-state index in [9.17, 15) is 9.36 Å². The number of carbonyl (C=O) groups is 1. The molecule has 0 unspecified atom stereocenters. The molecule has 0 spiro atoms. The van der Waals surface area contributed by atoms with Crippen molar-refractivity contribution in [3.8, 4) is 0 Å². The van der Waals surface area contributed by atoms with Gasteiger partial charge in [0.1, 0.15) is 0 Å². The van der Waals surface area contributed by atoms with E-state index in [0.717, 1.165) is 37.7 Å². The van der Waals surface area contributed by atoms with Gasteiger partial charge in [0, 0.05) is 23.4 Å². The van der Waals surface area contributed by atoms with Crippen LogP contribution in [0.4, 0.5) is 0 Å². The summed E-state index contributed by atoms with van der Waals surface area (Å²) in [6.45, 7) is 5.44. The minimum atomic E-state index is -4.36. The zero-order chi connectivity index (χ0) is 14.0. The van der Waals surface area contributed by atoms with Gasteiger partial charge in [-0.2, -0.15) is 0 Å². The van der Waals surface area contributed by atoms with Crippen LogP contribution in [0.2, 0.25) is 0 Å². The Morgan fingerprint density at radius 1 is 1.28 bits per heavy atom. The van der Waals surface area contributed by atoms with E-state index in [0.29, 0.717) is 17.9 Å². The van der Waals surface area contributed by atoms with Gasteiger partial charge in [0.2, 0.25) is 0 Å². The lowest BCUT2D eigenvalue weighted by atomic mass is 10.2. The van der Waals surface area contributed by atoms with Gasteiger partial charge in [-0.15, -0.1) is 0 Å². The predicted octanol–water partition coefficient (Wildman–Crippen LogP) is 2.42. The number of esters is 1. The summed E-state index contributed by atoms with van der Waals surface area (Å²) in [6, 6.07) is 0. The molecular weight excluding hydrogens is 279 g/mol. The molecule has 0 saturated heterocycles. The molecule has 0 atom stereocenters. The van der Waals surface area contributed by atoms with Gasteiger partial charge in [0.05, 0.1) is 6.61 Å². The first-order valence-electron chi connectivity index (χ1n) is 5.52. The molecule has 0 saturated carbocycles. The average molecular weight is 298 g/mol. The van der Waals surface area contributed by atoms with E-state index in [1.165, 1.54) is 0 Å². The first kappa shape index (κ1) is 17.7. The summed E-state index contributed by atoms with van der Waals surface area (Å²) in [5.41, 5.74) is 0.390. The van der Waals surface area contributed by atoms with E-state index in [1.807, 2.05) is 0 Å². The van der Waals surface area contributed by atoms with Crippen LogP contribution in [-0.2, 0) is 18.1 Å². The predicted molar refractivity (Wildman–Crippen MR) is 69.8 cm³/mol. The fraction of sp³-hybridized carbons (Fsp3) is 0.700. The van der Waals surface area contributed by atoms with Crippen LogP contribution in [0.1, 0.15) is 32.6 Å². The summed E-state index contributed by atoms with van der Waals surface area (Å²) in [5, 5.41) is 0. The number of carbonyl (C=O) groups excluding carboxylic acids is 1. The van der Waals surface area contributed by atoms with Crippen molar-refractivity contribution in [1.82, 2.24) is 0 Å². The SMILES string of the molecule is C=C(C)C(=O)OCCCCCCSOP(=O)(O)O. The Bertz CT molecular complexity index is 313. The van der Waals surface area contributed by atoms with Gasteiger partial charge in [0.15, 0.2) is 0 Å². The van der Waals surface area contributed by atoms with E-state index >= 15 is 0 Å². The highest BCUT2D eigenvalue weighted by atomic mass is 32.2. The maximum atomic E-state index is 11.0. The van der Waals surface area contributed by atoms with Crippen LogP contribution < -0.4 is 0 Å². The molecule has 106 valence electrons. The van der Waals surface area contributed by atoms with Crippen molar-refractivity contribution in [2.45, 2.75) is 32.6 Å². The maximum Gasteiger partial charge on any atom is 0.480 e. The number of ether oxygens (including phenoxy) is 1. The summed E-state index contributed by atoms with van der Waals surface area (Å²) >= 11 is 0.773. The zero-order valence-corrected chi connectivity index (χ0v) is 12.0. The fourth-order valence-corrected chi connectivity index (χ4v) is 2.18. The van der Waals surface area contributed by atoms with Crippen molar-refractivity contribution >= 4 is 25.8 Å². The van der Waals surface area contributed by atoms with Gasteiger partial charge in [-0.1, -0.05) is 19.4 Å². The van der Waals surface area contributed by atoms with Gasteiger partial charge < -0.3 is 14.5 Å². The molecule has 2 N–H and O–H groups in total. The Hall–Kier alpha value is -0.330. The quantitative estimate of drug-likeness (QED) is 0.210. The van der Waals surface area contributed by atoms with Gasteiger partial charge in [0.25, 0.3) is 0 Å². The smallest absolute Gasteiger partial charge is 0.462 e. The van der Waals surface area contributed by atoms with E-state index in [4.69, 9.17) is 14.5 Å². The molecule has 0 aliphatic rings. The Balaban J connectivity index is 3.24. The monoisotopic (exact) mass is 298 g/mol. The first-order valence-corrected chi connectivity index (χ1v) is 7.96. The third-order valence-electron chi connectivity index (χ3n) is 1.85. The van der Waals surface area contributed by atoms with Crippen LogP contribution in [-0.4, -0.2) is 28.1 Å². The second-order valence-corrected chi connectivity index (χ2v) is 5.94. The van der Waals surface area contributed by atoms with Gasteiger partial charge in [-0.05, 0) is 19.8 Å². The van der Waals surface area contributed by atoms with Crippen LogP contribution >= 0.6 is 19.9 Å². The molecule has 6 nitrogen and oxygen atoms in total. The highest BCUT2D eigenvalue weighted by Gasteiger charge is 2.13. The van der Waals surface area contributed by atoms with Gasteiger partial charge in [-0.3, -0.25) is 0 Å². The molecule has 0 amide bonds. The molecule has 0 radical (unpaired) electrons. The lowest BCUT2D eigenvalue weighted by Crippen LogP contribution is -2.06. The Labute approximate surface area is 111 Å². The van der Waals surface area contributed by atoms with Crippen molar-refractivity contribution in [1.29, 1.82) is 0 Å². The Kier molecular flexibility index (Phi) is 9.40. The second-order valence-electron chi connectivity index (χ2n) is 3.72. The molecule has 0 aliphatic heterocycles. The first-order chi connectivity index (χ1) is 8.33. The standard InChI is InChI=1S/C10H19O6PS/c1-9(2)10(11)15-7-5-3-4-6-8-18-16-17(12,13)14/h1,3-8H2,2H3,(H2,12,13,14). The molecule has 0 aromatic carbocycles. The normalized spacial score (nSPS) is 11.3. The van der Waals surface area contributed by atoms with Crippen molar-refractivity contribution in [3.63, 3.8) is 0 Å². The van der Waals surface area contributed by atoms with Crippen LogP contribution in [0.3, 0.4) is 0 Å². The van der Waals surface area contributed by atoms with E-state index < -0.39 is 7.82 Å². The third-order valence-corrected chi connectivity index (χ3v) is 3.51. The Morgan fingerprint density at radius 3 is 2.44 bits per heavy atom. The zero-order valence-electron chi connectivity index (χ0n) is 10.3. The molecule has 0 aromatic heterocycles. The van der Waals surface area contributed by atoms with E-state index in [-0.39, 0.29) is 5.97 Å². The number of phosphoric acid groups is 1. The van der Waals surface area contributed by atoms with Crippen LogP contribution in [0.5, 0.6) is 0 Å². The maximum absolute atomic E-state index is 11.0. The van der Waals surface area contributed by atoms with Crippen molar-refractivity contribution in [2.75, 3.05) is 12.4 Å². The minimum absolute atomic E-state index is 0.373. The number of rotatable bonds is 10. The third kappa shape index (κ3) is 12.1. The van der Waals surface area contributed by atoms with Crippen molar-refractivity contribution in [3.05, 3.63) is 12.2 Å². The molecule has 0 aromatic rings. The molecule has 18 heavy (non-hydrogen) atoms. The van der Waals surface area contributed by atoms with Gasteiger partial charge >= 0.3 is 13.8 Å². The molecule has 0 heterocycles. The lowest BCUT2D eigenvalue weighted by Gasteiger charge is -2.05. The van der Waals surface area contributed by atoms with Crippen molar-refractivity contribution < 1.29 is 27.9 Å². The molecule has 0 bridgehead atoms. The second kappa shape index (κ2) is 9.58. The molecule has 0 rings (SSSR count). The Morgan fingerprint density at radius 2 is 1.89 bits per heavy atom. The highest BCUT2D eigenvalue weighted by Crippen LogP contribution is 2.40. The van der Waals surface area contributed by atoms with Crippen molar-refractivity contribution in [2.24, 2.45) is 0 Å². The topological polar surface area (TPSA) is 93.1 Å². The fourth-order valence-electron chi connectivity index (χ4n) is 1.01. The summed E-state index contributed by atoms with van der Waals surface area (Å²) in [5.74, 6) is 0.150. The largest absolute Gasteiger partial charge is 0.480 e. The summed E-state index contributed by atoms with van der Waals surface area (Å²) < 4.78 is 19.4. The van der Waals surface area contributed by atoms with Gasteiger partial charge in [-0.25, -0.2) is 13.3 Å². The summed E-state index contributed by atoms with van der Waals surface area (Å²) in [4.78, 5) is 27.8. The summed E-state index contributed by atoms with van der Waals surface area (Å²) in [7, 11) is -4.36. The van der Waals surface area contributed by atoms with Crippen LogP contribution in [0.15, 0.2) is 12.2 Å². The van der Waals surface area contributed by atoms with Crippen LogP contribution in [0, 0.1) is 0 Å². The minimum Gasteiger partial charge on any atom is -0.462 e.